The van der Waals surface area contributed by atoms with E-state index in [2.05, 4.69) is 4.74 Å². The number of allylic oxidation sites excluding steroid dienone is 1. The maximum Gasteiger partial charge on any atom is 0.337 e. The number of nitriles is 1. The Bertz CT molecular complexity index is 811. The first kappa shape index (κ1) is 16.2. The molecule has 0 aliphatic heterocycles. The molecule has 4 heteroatoms. The topological polar surface area (TPSA) is 67.2 Å². The van der Waals surface area contributed by atoms with E-state index in [9.17, 15) is 14.9 Å². The van der Waals surface area contributed by atoms with Gasteiger partial charge in [0.1, 0.15) is 11.6 Å². The Hall–Kier alpha value is -3.19. The summed E-state index contributed by atoms with van der Waals surface area (Å²) in [6.45, 7) is 1.89. The lowest BCUT2D eigenvalue weighted by atomic mass is 10.00. The van der Waals surface area contributed by atoms with Gasteiger partial charge in [-0.3, -0.25) is 4.79 Å². The van der Waals surface area contributed by atoms with Gasteiger partial charge in [0.2, 0.25) is 5.78 Å². The van der Waals surface area contributed by atoms with E-state index in [1.54, 1.807) is 42.5 Å². The highest BCUT2D eigenvalue weighted by Crippen LogP contribution is 2.15. The number of methoxy groups -OCH3 is 1. The third-order valence-electron chi connectivity index (χ3n) is 3.29. The van der Waals surface area contributed by atoms with Crippen LogP contribution in [0.4, 0.5) is 0 Å². The Morgan fingerprint density at radius 3 is 2.35 bits per heavy atom. The number of aryl methyl sites for hydroxylation is 1. The Morgan fingerprint density at radius 1 is 1.09 bits per heavy atom. The molecule has 0 fully saturated rings. The van der Waals surface area contributed by atoms with Crippen LogP contribution in [-0.4, -0.2) is 18.9 Å². The Balaban J connectivity index is 2.30. The van der Waals surface area contributed by atoms with E-state index in [1.165, 1.54) is 13.2 Å². The fourth-order valence-corrected chi connectivity index (χ4v) is 2.09. The lowest BCUT2D eigenvalue weighted by Crippen LogP contribution is -2.02. The van der Waals surface area contributed by atoms with Crippen LogP contribution in [0.25, 0.3) is 6.08 Å². The number of carbonyl (C=O) groups is 2. The van der Waals surface area contributed by atoms with Crippen molar-refractivity contribution >= 4 is 17.8 Å². The van der Waals surface area contributed by atoms with Crippen LogP contribution in [0.2, 0.25) is 0 Å². The van der Waals surface area contributed by atoms with Gasteiger partial charge in [0.25, 0.3) is 0 Å². The summed E-state index contributed by atoms with van der Waals surface area (Å²) in [7, 11) is 1.31. The zero-order valence-electron chi connectivity index (χ0n) is 12.9. The summed E-state index contributed by atoms with van der Waals surface area (Å²) in [6.07, 6.45) is 1.51. The molecule has 0 aromatic heterocycles. The number of Topliss-reactive ketones (excluding diaryl/α,β-unsaturated/α-hetero) is 1. The van der Waals surface area contributed by atoms with Crippen LogP contribution < -0.4 is 0 Å². The second-order valence-electron chi connectivity index (χ2n) is 4.98. The summed E-state index contributed by atoms with van der Waals surface area (Å²) < 4.78 is 4.62. The predicted octanol–water partition coefficient (Wildman–Crippen LogP) is 3.57. The SMILES string of the molecule is COC(=O)c1ccc(/C=C(\C#N)C(=O)c2cccc(C)c2)cc1. The molecule has 0 radical (unpaired) electrons. The fraction of sp³-hybridized carbons (Fsp3) is 0.105. The number of hydrogen-bond acceptors (Lipinski definition) is 4. The van der Waals surface area contributed by atoms with Crippen LogP contribution in [0.5, 0.6) is 0 Å². The molecule has 114 valence electrons. The number of rotatable bonds is 4. The van der Waals surface area contributed by atoms with Crippen LogP contribution in [0.1, 0.15) is 31.8 Å². The molecule has 4 nitrogen and oxygen atoms in total. The first-order valence-electron chi connectivity index (χ1n) is 6.96. The molecule has 0 amide bonds. The van der Waals surface area contributed by atoms with Gasteiger partial charge in [0.15, 0.2) is 0 Å². The van der Waals surface area contributed by atoms with E-state index in [1.807, 2.05) is 19.1 Å². The number of nitrogens with zero attached hydrogens (tertiary/aromatic N) is 1. The minimum Gasteiger partial charge on any atom is -0.465 e. The minimum atomic E-state index is -0.433. The highest BCUT2D eigenvalue weighted by molar-refractivity contribution is 6.14. The number of carbonyl (C=O) groups excluding carboxylic acids is 2. The molecular weight excluding hydrogens is 290 g/mol. The largest absolute Gasteiger partial charge is 0.465 e. The van der Waals surface area contributed by atoms with Gasteiger partial charge in [-0.05, 0) is 36.8 Å². The van der Waals surface area contributed by atoms with Crippen molar-refractivity contribution in [2.75, 3.05) is 7.11 Å². The van der Waals surface area contributed by atoms with Crippen LogP contribution in [-0.2, 0) is 4.74 Å². The number of ether oxygens (including phenoxy) is 1. The first-order valence-corrected chi connectivity index (χ1v) is 6.96. The lowest BCUT2D eigenvalue weighted by Gasteiger charge is -2.02. The second-order valence-corrected chi connectivity index (χ2v) is 4.98. The first-order chi connectivity index (χ1) is 11.0. The van der Waals surface area contributed by atoms with Crippen LogP contribution in [0.15, 0.2) is 54.1 Å². The number of benzene rings is 2. The molecule has 0 aliphatic rings. The molecule has 0 atom stereocenters. The molecule has 0 heterocycles. The van der Waals surface area contributed by atoms with E-state index in [0.29, 0.717) is 16.7 Å². The van der Waals surface area contributed by atoms with Crippen molar-refractivity contribution in [3.05, 3.63) is 76.4 Å². The summed E-state index contributed by atoms with van der Waals surface area (Å²) in [5, 5.41) is 9.26. The molecule has 23 heavy (non-hydrogen) atoms. The van der Waals surface area contributed by atoms with Crippen molar-refractivity contribution in [2.24, 2.45) is 0 Å². The number of esters is 1. The fourth-order valence-electron chi connectivity index (χ4n) is 2.09. The van der Waals surface area contributed by atoms with Crippen molar-refractivity contribution in [3.63, 3.8) is 0 Å². The normalized spacial score (nSPS) is 10.7. The molecule has 2 aromatic rings. The number of hydrogen-bond donors (Lipinski definition) is 0. The van der Waals surface area contributed by atoms with E-state index < -0.39 is 5.97 Å². The van der Waals surface area contributed by atoms with E-state index >= 15 is 0 Å². The van der Waals surface area contributed by atoms with Crippen molar-refractivity contribution in [1.29, 1.82) is 5.26 Å². The minimum absolute atomic E-state index is 0.0430. The zero-order chi connectivity index (χ0) is 16.8. The molecule has 0 saturated carbocycles. The standard InChI is InChI=1S/C19H15NO3/c1-13-4-3-5-16(10-13)18(21)17(12-20)11-14-6-8-15(9-7-14)19(22)23-2/h3-11H,1-2H3/b17-11+. The van der Waals surface area contributed by atoms with E-state index in [4.69, 9.17) is 0 Å². The van der Waals surface area contributed by atoms with E-state index in [0.717, 1.165) is 5.56 Å². The molecule has 0 bridgehead atoms. The zero-order valence-corrected chi connectivity index (χ0v) is 12.9. The van der Waals surface area contributed by atoms with Crippen molar-refractivity contribution in [3.8, 4) is 6.07 Å². The summed E-state index contributed by atoms with van der Waals surface area (Å²) in [6, 6.07) is 15.5. The smallest absolute Gasteiger partial charge is 0.337 e. The quantitative estimate of drug-likeness (QED) is 0.375. The van der Waals surface area contributed by atoms with Crippen molar-refractivity contribution in [2.45, 2.75) is 6.92 Å². The van der Waals surface area contributed by atoms with Crippen LogP contribution in [0.3, 0.4) is 0 Å². The maximum absolute atomic E-state index is 12.4. The predicted molar refractivity (Wildman–Crippen MR) is 86.9 cm³/mol. The molecule has 0 aliphatic carbocycles. The van der Waals surface area contributed by atoms with Gasteiger partial charge in [-0.25, -0.2) is 4.79 Å². The molecule has 2 aromatic carbocycles. The van der Waals surface area contributed by atoms with Crippen molar-refractivity contribution in [1.82, 2.24) is 0 Å². The van der Waals surface area contributed by atoms with Gasteiger partial charge in [-0.2, -0.15) is 5.26 Å². The molecular formula is C19H15NO3. The Labute approximate surface area is 134 Å². The summed E-state index contributed by atoms with van der Waals surface area (Å²) in [5.74, 6) is -0.759. The summed E-state index contributed by atoms with van der Waals surface area (Å²) >= 11 is 0. The highest BCUT2D eigenvalue weighted by Gasteiger charge is 2.12. The van der Waals surface area contributed by atoms with Crippen LogP contribution >= 0.6 is 0 Å². The molecule has 2 rings (SSSR count). The lowest BCUT2D eigenvalue weighted by molar-refractivity contribution is 0.0600. The average Bonchev–Trinajstić information content (AvgIpc) is 2.59. The van der Waals surface area contributed by atoms with Gasteiger partial charge in [-0.1, -0.05) is 35.9 Å². The van der Waals surface area contributed by atoms with Crippen molar-refractivity contribution < 1.29 is 14.3 Å². The third kappa shape index (κ3) is 3.92. The average molecular weight is 305 g/mol. The maximum atomic E-state index is 12.4. The molecule has 0 N–H and O–H groups in total. The second kappa shape index (κ2) is 7.19. The Kier molecular flexibility index (Phi) is 5.06. The third-order valence-corrected chi connectivity index (χ3v) is 3.29. The summed E-state index contributed by atoms with van der Waals surface area (Å²) in [4.78, 5) is 23.8. The Morgan fingerprint density at radius 2 is 1.78 bits per heavy atom. The number of ketones is 1. The molecule has 0 unspecified atom stereocenters. The van der Waals surface area contributed by atoms with Gasteiger partial charge in [0, 0.05) is 5.56 Å². The molecule has 0 spiro atoms. The van der Waals surface area contributed by atoms with Gasteiger partial charge in [0.05, 0.1) is 12.7 Å². The van der Waals surface area contributed by atoms with Gasteiger partial charge in [-0.15, -0.1) is 0 Å². The van der Waals surface area contributed by atoms with Gasteiger partial charge >= 0.3 is 5.97 Å². The van der Waals surface area contributed by atoms with Crippen LogP contribution in [0, 0.1) is 18.3 Å². The van der Waals surface area contributed by atoms with Gasteiger partial charge < -0.3 is 4.74 Å². The van der Waals surface area contributed by atoms with E-state index in [-0.39, 0.29) is 11.4 Å². The highest BCUT2D eigenvalue weighted by atomic mass is 16.5. The monoisotopic (exact) mass is 305 g/mol. The molecule has 0 saturated heterocycles. The summed E-state index contributed by atoms with van der Waals surface area (Å²) in [5.41, 5.74) is 2.55.